The second-order valence-corrected chi connectivity index (χ2v) is 3.74. The van der Waals surface area contributed by atoms with E-state index in [1.807, 2.05) is 0 Å². The Bertz CT molecular complexity index is 181. The van der Waals surface area contributed by atoms with Crippen molar-refractivity contribution < 1.29 is 4.79 Å². The maximum absolute atomic E-state index is 11.5. The van der Waals surface area contributed by atoms with E-state index in [-0.39, 0.29) is 11.8 Å². The van der Waals surface area contributed by atoms with Gasteiger partial charge in [-0.15, -0.1) is 0 Å². The van der Waals surface area contributed by atoms with Crippen molar-refractivity contribution in [2.75, 3.05) is 13.1 Å². The first-order valence-corrected chi connectivity index (χ1v) is 4.89. The molecule has 3 heteroatoms. The Kier molecular flexibility index (Phi) is 2.30. The van der Waals surface area contributed by atoms with Crippen LogP contribution in [-0.4, -0.2) is 25.0 Å². The normalized spacial score (nSPS) is 36.5. The van der Waals surface area contributed by atoms with E-state index in [1.54, 1.807) is 0 Å². The fourth-order valence-corrected chi connectivity index (χ4v) is 2.26. The topological polar surface area (TPSA) is 41.1 Å². The van der Waals surface area contributed by atoms with Gasteiger partial charge in [-0.05, 0) is 12.8 Å². The quantitative estimate of drug-likeness (QED) is 0.545. The first-order valence-electron chi connectivity index (χ1n) is 4.89. The number of nitrogens with one attached hydrogen (secondary N) is 2. The number of hydrogen-bond donors (Lipinski definition) is 2. The van der Waals surface area contributed by atoms with E-state index in [1.165, 1.54) is 19.3 Å². The minimum absolute atomic E-state index is 0.251. The maximum Gasteiger partial charge on any atom is 0.224 e. The smallest absolute Gasteiger partial charge is 0.224 e. The lowest BCUT2D eigenvalue weighted by Gasteiger charge is -2.28. The average Bonchev–Trinajstić information content (AvgIpc) is 2.29. The molecule has 0 radical (unpaired) electrons. The highest BCUT2D eigenvalue weighted by atomic mass is 16.1. The van der Waals surface area contributed by atoms with Crippen molar-refractivity contribution in [3.8, 4) is 0 Å². The third kappa shape index (κ3) is 1.46. The fourth-order valence-electron chi connectivity index (χ4n) is 2.26. The van der Waals surface area contributed by atoms with Crippen LogP contribution in [0.1, 0.15) is 25.7 Å². The summed E-state index contributed by atoms with van der Waals surface area (Å²) in [6, 6.07) is 0.459. The Morgan fingerprint density at radius 2 is 2.00 bits per heavy atom. The molecule has 12 heavy (non-hydrogen) atoms. The Morgan fingerprint density at radius 3 is 2.92 bits per heavy atom. The largest absolute Gasteiger partial charge is 0.355 e. The lowest BCUT2D eigenvalue weighted by Crippen LogP contribution is -2.41. The van der Waals surface area contributed by atoms with Crippen LogP contribution in [0.15, 0.2) is 0 Å². The number of hydrogen-bond acceptors (Lipinski definition) is 2. The van der Waals surface area contributed by atoms with Crippen molar-refractivity contribution in [1.82, 2.24) is 10.6 Å². The summed E-state index contributed by atoms with van der Waals surface area (Å²) < 4.78 is 0. The predicted molar refractivity (Wildman–Crippen MR) is 46.8 cm³/mol. The maximum atomic E-state index is 11.5. The number of carbonyl (C=O) groups is 1. The highest BCUT2D eigenvalue weighted by Gasteiger charge is 2.31. The molecule has 1 amide bonds. The van der Waals surface area contributed by atoms with E-state index >= 15 is 0 Å². The summed E-state index contributed by atoms with van der Waals surface area (Å²) in [5.41, 5.74) is 0. The van der Waals surface area contributed by atoms with Gasteiger partial charge in [-0.1, -0.05) is 12.8 Å². The Labute approximate surface area is 72.9 Å². The van der Waals surface area contributed by atoms with Gasteiger partial charge in [0.1, 0.15) is 0 Å². The second-order valence-electron chi connectivity index (χ2n) is 3.74. The molecule has 2 N–H and O–H groups in total. The number of amides is 1. The molecule has 1 aliphatic carbocycles. The summed E-state index contributed by atoms with van der Waals surface area (Å²) in [4.78, 5) is 11.5. The highest BCUT2D eigenvalue weighted by molar-refractivity contribution is 5.79. The highest BCUT2D eigenvalue weighted by Crippen LogP contribution is 2.25. The summed E-state index contributed by atoms with van der Waals surface area (Å²) in [5.74, 6) is 0.519. The Balaban J connectivity index is 2.06. The molecule has 0 spiro atoms. The van der Waals surface area contributed by atoms with Gasteiger partial charge in [0.05, 0.1) is 5.92 Å². The summed E-state index contributed by atoms with van der Waals surface area (Å²) in [6.45, 7) is 1.73. The summed E-state index contributed by atoms with van der Waals surface area (Å²) >= 11 is 0. The van der Waals surface area contributed by atoms with Gasteiger partial charge in [0.25, 0.3) is 0 Å². The van der Waals surface area contributed by atoms with Crippen molar-refractivity contribution >= 4 is 5.91 Å². The van der Waals surface area contributed by atoms with Gasteiger partial charge in [-0.3, -0.25) is 4.79 Å². The standard InChI is InChI=1S/C9H16N2O/c12-9-7-3-1-2-4-8(7)10-5-6-11-9/h7-8,10H,1-6H2,(H,11,12). The minimum Gasteiger partial charge on any atom is -0.355 e. The van der Waals surface area contributed by atoms with Gasteiger partial charge in [-0.2, -0.15) is 0 Å². The van der Waals surface area contributed by atoms with Gasteiger partial charge in [-0.25, -0.2) is 0 Å². The zero-order valence-corrected chi connectivity index (χ0v) is 7.31. The molecule has 0 bridgehead atoms. The van der Waals surface area contributed by atoms with E-state index in [0.717, 1.165) is 19.5 Å². The van der Waals surface area contributed by atoms with Crippen molar-refractivity contribution in [3.63, 3.8) is 0 Å². The predicted octanol–water partition coefficient (Wildman–Crippen LogP) is 0.265. The molecule has 2 rings (SSSR count). The lowest BCUT2D eigenvalue weighted by atomic mass is 9.84. The number of fused-ring (bicyclic) bond motifs is 1. The molecule has 0 aromatic rings. The van der Waals surface area contributed by atoms with E-state index in [4.69, 9.17) is 0 Å². The molecule has 2 fully saturated rings. The fraction of sp³-hybridized carbons (Fsp3) is 0.889. The molecular formula is C9H16N2O. The van der Waals surface area contributed by atoms with E-state index in [9.17, 15) is 4.79 Å². The summed E-state index contributed by atoms with van der Waals surface area (Å²) in [7, 11) is 0. The first kappa shape index (κ1) is 8.05. The SMILES string of the molecule is O=C1NCCNC2CCCCC12. The van der Waals surface area contributed by atoms with Crippen LogP contribution in [0.2, 0.25) is 0 Å². The van der Waals surface area contributed by atoms with Gasteiger partial charge in [0.2, 0.25) is 5.91 Å². The third-order valence-electron chi connectivity index (χ3n) is 2.93. The van der Waals surface area contributed by atoms with Gasteiger partial charge >= 0.3 is 0 Å². The Hall–Kier alpha value is -0.570. The van der Waals surface area contributed by atoms with Crippen molar-refractivity contribution in [1.29, 1.82) is 0 Å². The number of rotatable bonds is 0. The van der Waals surface area contributed by atoms with E-state index < -0.39 is 0 Å². The van der Waals surface area contributed by atoms with Gasteiger partial charge < -0.3 is 10.6 Å². The number of carbonyl (C=O) groups excluding carboxylic acids is 1. The third-order valence-corrected chi connectivity index (χ3v) is 2.93. The van der Waals surface area contributed by atoms with Crippen LogP contribution in [0.3, 0.4) is 0 Å². The van der Waals surface area contributed by atoms with Gasteiger partial charge in [0, 0.05) is 19.1 Å². The lowest BCUT2D eigenvalue weighted by molar-refractivity contribution is -0.125. The summed E-state index contributed by atoms with van der Waals surface area (Å²) in [6.07, 6.45) is 4.75. The Morgan fingerprint density at radius 1 is 1.17 bits per heavy atom. The van der Waals surface area contributed by atoms with E-state index in [2.05, 4.69) is 10.6 Å². The van der Waals surface area contributed by atoms with Crippen LogP contribution in [0.4, 0.5) is 0 Å². The van der Waals surface area contributed by atoms with Crippen molar-refractivity contribution in [2.45, 2.75) is 31.7 Å². The molecule has 2 aliphatic rings. The molecule has 0 aromatic heterocycles. The summed E-state index contributed by atoms with van der Waals surface area (Å²) in [5, 5.41) is 6.37. The van der Waals surface area contributed by atoms with Gasteiger partial charge in [0.15, 0.2) is 0 Å². The minimum atomic E-state index is 0.251. The van der Waals surface area contributed by atoms with Crippen LogP contribution in [0.25, 0.3) is 0 Å². The molecule has 1 saturated heterocycles. The molecule has 2 unspecified atom stereocenters. The second kappa shape index (κ2) is 3.44. The first-order chi connectivity index (χ1) is 5.88. The molecule has 1 aliphatic heterocycles. The van der Waals surface area contributed by atoms with Crippen LogP contribution < -0.4 is 10.6 Å². The van der Waals surface area contributed by atoms with Crippen LogP contribution >= 0.6 is 0 Å². The zero-order chi connectivity index (χ0) is 8.39. The molecule has 68 valence electrons. The van der Waals surface area contributed by atoms with Crippen molar-refractivity contribution in [2.24, 2.45) is 5.92 Å². The van der Waals surface area contributed by atoms with Crippen molar-refractivity contribution in [3.05, 3.63) is 0 Å². The average molecular weight is 168 g/mol. The van der Waals surface area contributed by atoms with Crippen LogP contribution in [0.5, 0.6) is 0 Å². The monoisotopic (exact) mass is 168 g/mol. The molecule has 0 aromatic carbocycles. The molecular weight excluding hydrogens is 152 g/mol. The molecule has 1 saturated carbocycles. The zero-order valence-electron chi connectivity index (χ0n) is 7.31. The molecule has 2 atom stereocenters. The van der Waals surface area contributed by atoms with Crippen LogP contribution in [-0.2, 0) is 4.79 Å². The van der Waals surface area contributed by atoms with Crippen LogP contribution in [0, 0.1) is 5.92 Å². The molecule has 1 heterocycles. The molecule has 3 nitrogen and oxygen atoms in total. The van der Waals surface area contributed by atoms with E-state index in [0.29, 0.717) is 6.04 Å².